The maximum atomic E-state index is 12.9. The maximum absolute atomic E-state index is 12.9. The van der Waals surface area contributed by atoms with Gasteiger partial charge in [-0.3, -0.25) is 14.2 Å². The van der Waals surface area contributed by atoms with Crippen molar-refractivity contribution < 1.29 is 14.3 Å². The summed E-state index contributed by atoms with van der Waals surface area (Å²) < 4.78 is 11.8. The number of carbonyl (C=O) groups is 1. The summed E-state index contributed by atoms with van der Waals surface area (Å²) in [6.45, 7) is 3.75. The van der Waals surface area contributed by atoms with Gasteiger partial charge in [-0.2, -0.15) is 0 Å². The molecule has 1 amide bonds. The van der Waals surface area contributed by atoms with Gasteiger partial charge in [0.2, 0.25) is 12.7 Å². The lowest BCUT2D eigenvalue weighted by molar-refractivity contribution is -0.133. The van der Waals surface area contributed by atoms with Crippen molar-refractivity contribution in [3.8, 4) is 11.5 Å². The molecule has 0 saturated carbocycles. The molecule has 29 heavy (non-hydrogen) atoms. The van der Waals surface area contributed by atoms with Gasteiger partial charge in [-0.15, -0.1) is 0 Å². The number of aromatic amines is 1. The van der Waals surface area contributed by atoms with Gasteiger partial charge in [0.1, 0.15) is 0 Å². The molecule has 2 aromatic rings. The first-order chi connectivity index (χ1) is 13.8. The molecule has 1 aromatic carbocycles. The number of ether oxygens (including phenoxy) is 2. The molecular weight excluding hydrogens is 374 g/mol. The van der Waals surface area contributed by atoms with E-state index in [9.17, 15) is 14.4 Å². The van der Waals surface area contributed by atoms with Crippen molar-refractivity contribution in [1.29, 1.82) is 0 Å². The average molecular weight is 399 g/mol. The van der Waals surface area contributed by atoms with Gasteiger partial charge < -0.3 is 19.4 Å². The minimum atomic E-state index is -0.486. The van der Waals surface area contributed by atoms with Gasteiger partial charge in [0.25, 0.3) is 5.56 Å². The van der Waals surface area contributed by atoms with E-state index >= 15 is 0 Å². The number of H-pyrrole nitrogens is 1. The summed E-state index contributed by atoms with van der Waals surface area (Å²) in [5.41, 5.74) is 0.487. The Kier molecular flexibility index (Phi) is 4.94. The SMILES string of the molecule is Cn1c(=O)[nH]cc(CC(=O)N2CCC[C@@](C)(Cc3ccc4c(c3)OCO4)C2)c1=O. The zero-order chi connectivity index (χ0) is 20.6. The standard InChI is InChI=1S/C21H25N3O5/c1-21(10-14-4-5-16-17(8-14)29-13-28-16)6-3-7-24(12-21)18(25)9-15-11-22-20(27)23(2)19(15)26/h4-5,8,11H,3,6-7,9-10,12-13H2,1-2H3,(H,22,27)/t21-/m0/s1. The van der Waals surface area contributed by atoms with Crippen LogP contribution in [0, 0.1) is 5.41 Å². The smallest absolute Gasteiger partial charge is 0.328 e. The molecule has 1 atom stereocenters. The van der Waals surface area contributed by atoms with E-state index in [1.807, 2.05) is 23.1 Å². The van der Waals surface area contributed by atoms with Gasteiger partial charge >= 0.3 is 5.69 Å². The predicted octanol–water partition coefficient (Wildman–Crippen LogP) is 1.22. The average Bonchev–Trinajstić information content (AvgIpc) is 3.16. The molecule has 1 saturated heterocycles. The van der Waals surface area contributed by atoms with E-state index in [-0.39, 0.29) is 24.5 Å². The van der Waals surface area contributed by atoms with Gasteiger partial charge in [0, 0.05) is 31.9 Å². The van der Waals surface area contributed by atoms with Crippen molar-refractivity contribution in [2.24, 2.45) is 12.5 Å². The summed E-state index contributed by atoms with van der Waals surface area (Å²) in [6.07, 6.45) is 4.10. The number of nitrogens with zero attached hydrogens (tertiary/aromatic N) is 2. The number of benzene rings is 1. The molecule has 0 bridgehead atoms. The molecule has 1 N–H and O–H groups in total. The number of hydrogen-bond donors (Lipinski definition) is 1. The number of aromatic nitrogens is 2. The van der Waals surface area contributed by atoms with Crippen molar-refractivity contribution in [3.63, 3.8) is 0 Å². The quantitative estimate of drug-likeness (QED) is 0.834. The van der Waals surface area contributed by atoms with E-state index in [1.54, 1.807) is 0 Å². The highest BCUT2D eigenvalue weighted by Gasteiger charge is 2.34. The molecule has 4 rings (SSSR count). The fourth-order valence-corrected chi connectivity index (χ4v) is 4.23. The largest absolute Gasteiger partial charge is 0.454 e. The van der Waals surface area contributed by atoms with Crippen LogP contribution in [0.1, 0.15) is 30.9 Å². The number of fused-ring (bicyclic) bond motifs is 1. The Morgan fingerprint density at radius 1 is 1.24 bits per heavy atom. The molecule has 8 heteroatoms. The predicted molar refractivity (Wildman–Crippen MR) is 106 cm³/mol. The molecular formula is C21H25N3O5. The summed E-state index contributed by atoms with van der Waals surface area (Å²) in [4.78, 5) is 40.9. The minimum Gasteiger partial charge on any atom is -0.454 e. The van der Waals surface area contributed by atoms with Gasteiger partial charge in [0.05, 0.1) is 6.42 Å². The topological polar surface area (TPSA) is 93.6 Å². The number of piperidine rings is 1. The summed E-state index contributed by atoms with van der Waals surface area (Å²) in [7, 11) is 1.40. The first-order valence-electron chi connectivity index (χ1n) is 9.79. The normalized spacial score (nSPS) is 20.7. The van der Waals surface area contributed by atoms with Crippen LogP contribution in [-0.2, 0) is 24.7 Å². The number of carbonyl (C=O) groups excluding carboxylic acids is 1. The Morgan fingerprint density at radius 3 is 2.86 bits per heavy atom. The Labute approximate surface area is 168 Å². The number of nitrogens with one attached hydrogen (secondary N) is 1. The summed E-state index contributed by atoms with van der Waals surface area (Å²) >= 11 is 0. The number of amides is 1. The van der Waals surface area contributed by atoms with E-state index < -0.39 is 11.2 Å². The summed E-state index contributed by atoms with van der Waals surface area (Å²) in [6, 6.07) is 5.99. The van der Waals surface area contributed by atoms with Crippen LogP contribution >= 0.6 is 0 Å². The van der Waals surface area contributed by atoms with Crippen molar-refractivity contribution in [2.45, 2.75) is 32.6 Å². The van der Waals surface area contributed by atoms with Gasteiger partial charge in [0.15, 0.2) is 11.5 Å². The molecule has 2 aliphatic rings. The molecule has 3 heterocycles. The van der Waals surface area contributed by atoms with Crippen LogP contribution in [0.25, 0.3) is 0 Å². The van der Waals surface area contributed by atoms with Crippen LogP contribution in [-0.4, -0.2) is 40.2 Å². The zero-order valence-corrected chi connectivity index (χ0v) is 16.7. The van der Waals surface area contributed by atoms with Crippen molar-refractivity contribution in [3.05, 3.63) is 56.4 Å². The summed E-state index contributed by atoms with van der Waals surface area (Å²) in [5, 5.41) is 0. The van der Waals surface area contributed by atoms with E-state index in [0.717, 1.165) is 40.9 Å². The van der Waals surface area contributed by atoms with Crippen molar-refractivity contribution in [1.82, 2.24) is 14.5 Å². The number of likely N-dealkylation sites (tertiary alicyclic amines) is 1. The van der Waals surface area contributed by atoms with Gasteiger partial charge in [-0.25, -0.2) is 4.79 Å². The minimum absolute atomic E-state index is 0.0104. The third-order valence-electron chi connectivity index (χ3n) is 5.80. The molecule has 0 spiro atoms. The van der Waals surface area contributed by atoms with E-state index in [0.29, 0.717) is 18.7 Å². The molecule has 8 nitrogen and oxygen atoms in total. The second-order valence-electron chi connectivity index (χ2n) is 8.25. The van der Waals surface area contributed by atoms with E-state index in [1.165, 1.54) is 13.2 Å². The number of hydrogen-bond acceptors (Lipinski definition) is 5. The highest BCUT2D eigenvalue weighted by molar-refractivity contribution is 5.78. The maximum Gasteiger partial charge on any atom is 0.328 e. The van der Waals surface area contributed by atoms with Gasteiger partial charge in [-0.1, -0.05) is 13.0 Å². The molecule has 0 aliphatic carbocycles. The van der Waals surface area contributed by atoms with Crippen LogP contribution in [0.5, 0.6) is 11.5 Å². The van der Waals surface area contributed by atoms with Crippen molar-refractivity contribution in [2.75, 3.05) is 19.9 Å². The lowest BCUT2D eigenvalue weighted by Crippen LogP contribution is -2.47. The van der Waals surface area contributed by atoms with Crippen LogP contribution in [0.3, 0.4) is 0 Å². The monoisotopic (exact) mass is 399 g/mol. The lowest BCUT2D eigenvalue weighted by Gasteiger charge is -2.41. The molecule has 154 valence electrons. The Balaban J connectivity index is 1.46. The Morgan fingerprint density at radius 2 is 2.03 bits per heavy atom. The molecule has 2 aliphatic heterocycles. The highest BCUT2D eigenvalue weighted by Crippen LogP contribution is 2.37. The Bertz CT molecular complexity index is 1060. The second kappa shape index (κ2) is 7.42. The van der Waals surface area contributed by atoms with Gasteiger partial charge in [-0.05, 0) is 42.4 Å². The van der Waals surface area contributed by atoms with Crippen LogP contribution in [0.15, 0.2) is 34.0 Å². The van der Waals surface area contributed by atoms with E-state index in [2.05, 4.69) is 11.9 Å². The third-order valence-corrected chi connectivity index (χ3v) is 5.80. The molecule has 0 radical (unpaired) electrons. The molecule has 1 aromatic heterocycles. The van der Waals surface area contributed by atoms with Crippen LogP contribution in [0.2, 0.25) is 0 Å². The second-order valence-corrected chi connectivity index (χ2v) is 8.25. The lowest BCUT2D eigenvalue weighted by atomic mass is 9.77. The first-order valence-corrected chi connectivity index (χ1v) is 9.79. The third kappa shape index (κ3) is 3.92. The van der Waals surface area contributed by atoms with Crippen LogP contribution in [0.4, 0.5) is 0 Å². The molecule has 0 unspecified atom stereocenters. The summed E-state index contributed by atoms with van der Waals surface area (Å²) in [5.74, 6) is 1.44. The van der Waals surface area contributed by atoms with E-state index in [4.69, 9.17) is 9.47 Å². The highest BCUT2D eigenvalue weighted by atomic mass is 16.7. The zero-order valence-electron chi connectivity index (χ0n) is 16.7. The number of rotatable bonds is 4. The fraction of sp³-hybridized carbons (Fsp3) is 0.476. The Hall–Kier alpha value is -3.03. The first kappa shape index (κ1) is 19.3. The van der Waals surface area contributed by atoms with Crippen LogP contribution < -0.4 is 20.7 Å². The van der Waals surface area contributed by atoms with Crippen molar-refractivity contribution >= 4 is 5.91 Å². The molecule has 1 fully saturated rings. The fourth-order valence-electron chi connectivity index (χ4n) is 4.23.